The summed E-state index contributed by atoms with van der Waals surface area (Å²) in [5.41, 5.74) is 0.941. The van der Waals surface area contributed by atoms with Crippen LogP contribution in [-0.2, 0) is 16.1 Å². The zero-order valence-electron chi connectivity index (χ0n) is 20.0. The van der Waals surface area contributed by atoms with Crippen LogP contribution in [0.5, 0.6) is 11.5 Å². The highest BCUT2D eigenvalue weighted by Crippen LogP contribution is 2.19. The number of hydrogen-bond donors (Lipinski definition) is 1. The molecule has 180 valence electrons. The number of benzene rings is 2. The molecule has 2 aromatic carbocycles. The van der Waals surface area contributed by atoms with E-state index >= 15 is 0 Å². The minimum Gasteiger partial charge on any atom is -0.497 e. The molecule has 2 amide bonds. The van der Waals surface area contributed by atoms with Gasteiger partial charge in [0.25, 0.3) is 0 Å². The summed E-state index contributed by atoms with van der Waals surface area (Å²) in [6.07, 6.45) is 2.20. The Hall–Kier alpha value is -2.73. The Bertz CT molecular complexity index is 871. The maximum absolute atomic E-state index is 13.2. The van der Waals surface area contributed by atoms with Gasteiger partial charge < -0.3 is 19.7 Å². The SMILES string of the molecule is CC[C@H](C(=O)N[C@@H](C)CC)N(Cc1ccc(OC)cc1)C(=O)CCCOc1ccc(Cl)cc1. The van der Waals surface area contributed by atoms with E-state index in [4.69, 9.17) is 21.1 Å². The predicted molar refractivity (Wildman–Crippen MR) is 132 cm³/mol. The summed E-state index contributed by atoms with van der Waals surface area (Å²) in [5.74, 6) is 1.27. The fourth-order valence-electron chi connectivity index (χ4n) is 3.38. The van der Waals surface area contributed by atoms with Gasteiger partial charge in [-0.3, -0.25) is 9.59 Å². The van der Waals surface area contributed by atoms with Gasteiger partial charge in [0, 0.05) is 24.0 Å². The van der Waals surface area contributed by atoms with Crippen molar-refractivity contribution >= 4 is 23.4 Å². The molecule has 7 heteroatoms. The van der Waals surface area contributed by atoms with Crippen molar-refractivity contribution in [2.75, 3.05) is 13.7 Å². The number of halogens is 1. The Morgan fingerprint density at radius 1 is 1.00 bits per heavy atom. The molecule has 6 nitrogen and oxygen atoms in total. The summed E-state index contributed by atoms with van der Waals surface area (Å²) in [7, 11) is 1.61. The van der Waals surface area contributed by atoms with E-state index in [9.17, 15) is 9.59 Å². The van der Waals surface area contributed by atoms with Crippen molar-refractivity contribution in [1.29, 1.82) is 0 Å². The van der Waals surface area contributed by atoms with Crippen molar-refractivity contribution < 1.29 is 19.1 Å². The van der Waals surface area contributed by atoms with Gasteiger partial charge in [-0.05, 0) is 68.1 Å². The summed E-state index contributed by atoms with van der Waals surface area (Å²) in [6.45, 7) is 6.67. The zero-order valence-corrected chi connectivity index (χ0v) is 20.7. The number of amides is 2. The summed E-state index contributed by atoms with van der Waals surface area (Å²) in [6, 6.07) is 14.2. The highest BCUT2D eigenvalue weighted by Gasteiger charge is 2.28. The molecule has 0 fully saturated rings. The number of ether oxygens (including phenoxy) is 2. The van der Waals surface area contributed by atoms with E-state index in [1.165, 1.54) is 0 Å². The van der Waals surface area contributed by atoms with Crippen LogP contribution >= 0.6 is 11.6 Å². The number of carbonyl (C=O) groups excluding carboxylic acids is 2. The summed E-state index contributed by atoms with van der Waals surface area (Å²) in [4.78, 5) is 27.9. The van der Waals surface area contributed by atoms with Crippen LogP contribution in [0.1, 0.15) is 52.0 Å². The molecule has 1 N–H and O–H groups in total. The van der Waals surface area contributed by atoms with Gasteiger partial charge >= 0.3 is 0 Å². The molecule has 0 heterocycles. The molecular weight excluding hydrogens is 440 g/mol. The number of nitrogens with one attached hydrogen (secondary N) is 1. The van der Waals surface area contributed by atoms with Gasteiger partial charge in [-0.1, -0.05) is 37.6 Å². The summed E-state index contributed by atoms with van der Waals surface area (Å²) >= 11 is 5.90. The fourth-order valence-corrected chi connectivity index (χ4v) is 3.50. The molecule has 2 aromatic rings. The van der Waals surface area contributed by atoms with Gasteiger partial charge in [0.2, 0.25) is 11.8 Å². The van der Waals surface area contributed by atoms with Gasteiger partial charge in [-0.15, -0.1) is 0 Å². The van der Waals surface area contributed by atoms with Crippen molar-refractivity contribution in [3.63, 3.8) is 0 Å². The molecule has 0 aromatic heterocycles. The van der Waals surface area contributed by atoms with Gasteiger partial charge in [-0.25, -0.2) is 0 Å². The molecule has 0 aliphatic rings. The molecule has 2 rings (SSSR count). The Morgan fingerprint density at radius 2 is 1.64 bits per heavy atom. The second-order valence-corrected chi connectivity index (χ2v) is 8.45. The highest BCUT2D eigenvalue weighted by atomic mass is 35.5. The molecule has 33 heavy (non-hydrogen) atoms. The lowest BCUT2D eigenvalue weighted by atomic mass is 10.1. The van der Waals surface area contributed by atoms with Crippen molar-refractivity contribution in [1.82, 2.24) is 10.2 Å². The third kappa shape index (κ3) is 8.61. The van der Waals surface area contributed by atoms with Crippen molar-refractivity contribution in [2.45, 2.75) is 65.1 Å². The van der Waals surface area contributed by atoms with E-state index in [0.717, 1.165) is 17.7 Å². The average molecular weight is 475 g/mol. The Balaban J connectivity index is 2.07. The molecule has 2 atom stereocenters. The molecule has 0 unspecified atom stereocenters. The fraction of sp³-hybridized carbons (Fsp3) is 0.462. The average Bonchev–Trinajstić information content (AvgIpc) is 2.82. The van der Waals surface area contributed by atoms with Gasteiger partial charge in [0.1, 0.15) is 17.5 Å². The molecule has 0 spiro atoms. The quantitative estimate of drug-likeness (QED) is 0.403. The molecule has 0 aliphatic carbocycles. The molecule has 0 radical (unpaired) electrons. The second kappa shape index (κ2) is 13.7. The third-order valence-electron chi connectivity index (χ3n) is 5.52. The largest absolute Gasteiger partial charge is 0.497 e. The highest BCUT2D eigenvalue weighted by molar-refractivity contribution is 6.30. The first-order chi connectivity index (χ1) is 15.9. The van der Waals surface area contributed by atoms with E-state index in [1.54, 1.807) is 36.3 Å². The smallest absolute Gasteiger partial charge is 0.243 e. The number of methoxy groups -OCH3 is 1. The summed E-state index contributed by atoms with van der Waals surface area (Å²) < 4.78 is 10.9. The topological polar surface area (TPSA) is 67.9 Å². The second-order valence-electron chi connectivity index (χ2n) is 8.02. The van der Waals surface area contributed by atoms with E-state index in [0.29, 0.717) is 36.8 Å². The van der Waals surface area contributed by atoms with Crippen LogP contribution in [0, 0.1) is 0 Å². The molecule has 0 saturated carbocycles. The van der Waals surface area contributed by atoms with Crippen molar-refractivity contribution in [3.05, 3.63) is 59.1 Å². The first-order valence-corrected chi connectivity index (χ1v) is 11.9. The van der Waals surface area contributed by atoms with Crippen LogP contribution in [-0.4, -0.2) is 42.5 Å². The zero-order chi connectivity index (χ0) is 24.2. The Kier molecular flexibility index (Phi) is 11.0. The van der Waals surface area contributed by atoms with E-state index in [2.05, 4.69) is 5.32 Å². The lowest BCUT2D eigenvalue weighted by Crippen LogP contribution is -2.50. The van der Waals surface area contributed by atoms with Gasteiger partial charge in [0.15, 0.2) is 0 Å². The lowest BCUT2D eigenvalue weighted by molar-refractivity contribution is -0.141. The monoisotopic (exact) mass is 474 g/mol. The van der Waals surface area contributed by atoms with Crippen LogP contribution in [0.2, 0.25) is 5.02 Å². The van der Waals surface area contributed by atoms with Crippen LogP contribution in [0.4, 0.5) is 0 Å². The van der Waals surface area contributed by atoms with E-state index in [-0.39, 0.29) is 24.3 Å². The molecular formula is C26H35ClN2O4. The van der Waals surface area contributed by atoms with E-state index in [1.807, 2.05) is 45.0 Å². The Labute approximate surface area is 202 Å². The van der Waals surface area contributed by atoms with Gasteiger partial charge in [-0.2, -0.15) is 0 Å². The molecule has 0 bridgehead atoms. The van der Waals surface area contributed by atoms with Crippen LogP contribution in [0.25, 0.3) is 0 Å². The minimum atomic E-state index is -0.536. The van der Waals surface area contributed by atoms with Crippen molar-refractivity contribution in [3.8, 4) is 11.5 Å². The number of hydrogen-bond acceptors (Lipinski definition) is 4. The normalized spacial score (nSPS) is 12.5. The Morgan fingerprint density at radius 3 is 2.21 bits per heavy atom. The predicted octanol–water partition coefficient (Wildman–Crippen LogP) is 5.23. The number of rotatable bonds is 13. The summed E-state index contributed by atoms with van der Waals surface area (Å²) in [5, 5.41) is 3.67. The van der Waals surface area contributed by atoms with Crippen LogP contribution in [0.3, 0.4) is 0 Å². The van der Waals surface area contributed by atoms with Crippen LogP contribution < -0.4 is 14.8 Å². The first-order valence-electron chi connectivity index (χ1n) is 11.5. The minimum absolute atomic E-state index is 0.0530. The number of carbonyl (C=O) groups is 2. The lowest BCUT2D eigenvalue weighted by Gasteiger charge is -2.31. The maximum Gasteiger partial charge on any atom is 0.243 e. The van der Waals surface area contributed by atoms with E-state index < -0.39 is 6.04 Å². The third-order valence-corrected chi connectivity index (χ3v) is 5.77. The standard InChI is InChI=1S/C26H35ClN2O4/c1-5-19(3)28-26(31)24(6-2)29(18-20-9-13-22(32-4)14-10-20)25(30)8-7-17-33-23-15-11-21(27)12-16-23/h9-16,19,24H,5-8,17-18H2,1-4H3,(H,28,31)/t19-,24+/m0/s1. The molecule has 0 saturated heterocycles. The van der Waals surface area contributed by atoms with Crippen molar-refractivity contribution in [2.24, 2.45) is 0 Å². The van der Waals surface area contributed by atoms with Gasteiger partial charge in [0.05, 0.1) is 13.7 Å². The molecule has 0 aliphatic heterocycles. The van der Waals surface area contributed by atoms with Crippen LogP contribution in [0.15, 0.2) is 48.5 Å². The maximum atomic E-state index is 13.2. The first kappa shape index (κ1) is 26.5. The number of nitrogens with zero attached hydrogens (tertiary/aromatic N) is 1.